The quantitative estimate of drug-likeness (QED) is 0.0238. The average Bonchev–Trinajstić information content (AvgIpc) is 0.679. The van der Waals surface area contributed by atoms with Crippen molar-refractivity contribution < 1.29 is 31.2 Å². The van der Waals surface area contributed by atoms with E-state index in [2.05, 4.69) is 151 Å². The number of nitrogens with one attached hydrogen (secondary N) is 4. The number of likely N-dealkylation sites (tertiary alicyclic amines) is 1. The highest BCUT2D eigenvalue weighted by Gasteiger charge is 2.68. The van der Waals surface area contributed by atoms with Gasteiger partial charge in [-0.15, -0.1) is 23.5 Å². The maximum atomic E-state index is 13.5. The number of likely N-dealkylation sites (N-methyl/N-ethyl adjacent to an activating group) is 1. The molecule has 6 aromatic rings. The Morgan fingerprint density at radius 3 is 1.20 bits per heavy atom. The summed E-state index contributed by atoms with van der Waals surface area (Å²) in [6, 6.07) is 46.2. The van der Waals surface area contributed by atoms with E-state index in [4.69, 9.17) is 4.74 Å². The fourth-order valence-electron chi connectivity index (χ4n) is 21.7. The zero-order chi connectivity index (χ0) is 83.5. The van der Waals surface area contributed by atoms with Crippen LogP contribution in [0.25, 0.3) is 0 Å². The van der Waals surface area contributed by atoms with Crippen molar-refractivity contribution in [1.29, 1.82) is 0 Å². The minimum absolute atomic E-state index is 0.0722. The van der Waals surface area contributed by atoms with Crippen molar-refractivity contribution in [3.05, 3.63) is 190 Å². The molecule has 18 nitrogen and oxygen atoms in total. The number of hydrogen-bond acceptors (Lipinski definition) is 18. The van der Waals surface area contributed by atoms with E-state index >= 15 is 0 Å². The van der Waals surface area contributed by atoms with Crippen molar-refractivity contribution in [2.24, 2.45) is 32.5 Å². The predicted molar refractivity (Wildman–Crippen MR) is 489 cm³/mol. The lowest BCUT2D eigenvalue weighted by Gasteiger charge is -2.72. The van der Waals surface area contributed by atoms with E-state index in [1.54, 1.807) is 66.8 Å². The van der Waals surface area contributed by atoms with Gasteiger partial charge in [0.25, 0.3) is 31.9 Å². The van der Waals surface area contributed by atoms with Gasteiger partial charge in [-0.05, 0) is 276 Å². The van der Waals surface area contributed by atoms with Crippen molar-refractivity contribution >= 4 is 78.1 Å². The largest absolute Gasteiger partial charge is 0.381 e. The number of hydrogen-bond donors (Lipinski definition) is 4. The van der Waals surface area contributed by atoms with Crippen molar-refractivity contribution in [2.75, 3.05) is 164 Å². The number of methoxy groups -OCH3 is 1. The second kappa shape index (κ2) is 36.6. The summed E-state index contributed by atoms with van der Waals surface area (Å²) in [6.45, 7) is 37.0. The number of allylic oxidation sites excluding steroid dienone is 2. The van der Waals surface area contributed by atoms with Crippen LogP contribution < -0.4 is 29.9 Å². The van der Waals surface area contributed by atoms with Crippen LogP contribution in [0, 0.1) is 46.3 Å². The first-order valence-electron chi connectivity index (χ1n) is 44.4. The molecule has 4 heterocycles. The molecule has 0 unspecified atom stereocenters. The van der Waals surface area contributed by atoms with Gasteiger partial charge >= 0.3 is 0 Å². The lowest BCUT2D eigenvalue weighted by atomic mass is 9.33. The molecule has 4 bridgehead atoms. The van der Waals surface area contributed by atoms with Gasteiger partial charge in [0, 0.05) is 192 Å². The van der Waals surface area contributed by atoms with Crippen LogP contribution in [0.4, 0.5) is 22.7 Å². The summed E-state index contributed by atoms with van der Waals surface area (Å²) in [5, 5.41) is 7.46. The van der Waals surface area contributed by atoms with Gasteiger partial charge in [0.2, 0.25) is 0 Å². The SMILES string of the molecule is COC1CCN(CC[C@H](CSc2ccccc2)Nc2ccc(S(=O)(=O)NC(=O)c3ccc(N4CCN(CC5=C(C67CC(C)(C6)C7)CC(C)(C)CC5)CC4)cc3)cc2C)CC1.Cc1cc(S(=O)(=O)NC(=O)c2ccc(N3CCN(CC4=C(C56CC(C)(C5)C6)CC(C)(C)CC4)CC3)cc2)ccc1N[C@H](CCN1CCN(C)CC1)CSc1ccccc1. The van der Waals surface area contributed by atoms with Crippen molar-refractivity contribution in [1.82, 2.24) is 33.9 Å². The van der Waals surface area contributed by atoms with Crippen LogP contribution >= 0.6 is 23.5 Å². The van der Waals surface area contributed by atoms with Crippen LogP contribution in [-0.4, -0.2) is 215 Å². The number of sulfonamides is 2. The summed E-state index contributed by atoms with van der Waals surface area (Å²) < 4.78 is 64.3. The number of amides is 2. The number of nitrogens with zero attached hydrogens (tertiary/aromatic N) is 7. The van der Waals surface area contributed by atoms with Crippen molar-refractivity contribution in [3.63, 3.8) is 0 Å². The molecule has 4 saturated heterocycles. The molecule has 642 valence electrons. The van der Waals surface area contributed by atoms with Gasteiger partial charge in [0.1, 0.15) is 0 Å². The molecule has 12 aliphatic rings. The van der Waals surface area contributed by atoms with Crippen LogP contribution in [0.5, 0.6) is 0 Å². The molecule has 4 aliphatic heterocycles. The molecule has 2 atom stereocenters. The number of aryl methyl sites for hydroxylation is 2. The third kappa shape index (κ3) is 21.4. The third-order valence-corrected chi connectivity index (χ3v) is 33.4. The van der Waals surface area contributed by atoms with Crippen LogP contribution in [0.1, 0.15) is 176 Å². The van der Waals surface area contributed by atoms with Gasteiger partial charge in [0.05, 0.1) is 15.9 Å². The Bertz CT molecular complexity index is 4800. The van der Waals surface area contributed by atoms with Crippen LogP contribution in [-0.2, 0) is 24.8 Å². The Morgan fingerprint density at radius 2 is 0.840 bits per heavy atom. The molecular weight excluding hydrogens is 1560 g/mol. The zero-order valence-corrected chi connectivity index (χ0v) is 75.9. The minimum Gasteiger partial charge on any atom is -0.381 e. The smallest absolute Gasteiger partial charge is 0.264 e. The lowest BCUT2D eigenvalue weighted by molar-refractivity contribution is -0.167. The number of benzene rings is 6. The molecular formula is C97H133N11O7S4. The first kappa shape index (κ1) is 87.2. The minimum atomic E-state index is -4.09. The Balaban J connectivity index is 0.000000186. The second-order valence-corrected chi connectivity index (χ2v) is 45.0. The number of anilines is 4. The molecule has 18 rings (SSSR count). The highest BCUT2D eigenvalue weighted by atomic mass is 32.2. The fourth-order valence-corrected chi connectivity index (χ4v) is 25.8. The molecule has 4 N–H and O–H groups in total. The zero-order valence-electron chi connectivity index (χ0n) is 72.7. The number of carbonyl (C=O) groups excluding carboxylic acids is 2. The van der Waals surface area contributed by atoms with E-state index in [-0.39, 0.29) is 21.9 Å². The number of piperidine rings is 1. The third-order valence-electron chi connectivity index (χ3n) is 28.4. The molecule has 6 saturated carbocycles. The molecule has 22 heteroatoms. The summed E-state index contributed by atoms with van der Waals surface area (Å²) in [5.41, 5.74) is 16.4. The molecule has 0 aromatic heterocycles. The number of piperazine rings is 3. The highest BCUT2D eigenvalue weighted by Crippen LogP contribution is 2.79. The fraction of sp³-hybridized carbons (Fsp3) is 0.567. The first-order valence-corrected chi connectivity index (χ1v) is 49.3. The standard InChI is InChI=1S/C49H67N5O4S2.C48H66N6O3S2/c1-36-29-43(15-16-45(36)50-39(32-59-42-9-7-6-8-10-42)18-22-52-23-19-41(58-5)20-24-52)60(56,57)51-46(55)37-11-13-40(14-12-37)54-27-25-53(26-28-54)31-38-17-21-47(2,3)30-44(38)49-33-48(4,34-49)35-49;1-36-29-42(15-16-44(36)49-39(32-58-41-9-7-6-8-10-41)18-20-52-23-21-51(5)22-24-52)59(56,57)50-45(55)37-11-13-40(14-12-37)54-27-25-53(26-28-54)31-38-17-19-46(2,3)30-43(38)48-33-47(4,34-48)35-48/h6-16,29,39,41,50H,17-28,30-35H2,1-5H3,(H,51,55);6-16,29,39,49H,17-28,30-35H2,1-5H3,(H,50,55)/t39-,48?,49?;39-,47?,48?/m11/s1. The van der Waals surface area contributed by atoms with Crippen molar-refractivity contribution in [3.8, 4) is 0 Å². The van der Waals surface area contributed by atoms with Gasteiger partial charge in [-0.3, -0.25) is 19.4 Å². The Labute approximate surface area is 720 Å². The summed E-state index contributed by atoms with van der Waals surface area (Å²) >= 11 is 3.66. The van der Waals surface area contributed by atoms with E-state index < -0.39 is 31.9 Å². The number of rotatable bonds is 31. The van der Waals surface area contributed by atoms with Gasteiger partial charge in [0.15, 0.2) is 0 Å². The molecule has 10 fully saturated rings. The monoisotopic (exact) mass is 1690 g/mol. The Kier molecular flexibility index (Phi) is 26.8. The molecule has 2 amide bonds. The van der Waals surface area contributed by atoms with Gasteiger partial charge in [-0.2, -0.15) is 0 Å². The maximum Gasteiger partial charge on any atom is 0.264 e. The van der Waals surface area contributed by atoms with E-state index in [0.29, 0.717) is 49.7 Å². The van der Waals surface area contributed by atoms with Crippen LogP contribution in [0.3, 0.4) is 0 Å². The molecule has 0 radical (unpaired) electrons. The van der Waals surface area contributed by atoms with E-state index in [9.17, 15) is 26.4 Å². The lowest BCUT2D eigenvalue weighted by Crippen LogP contribution is -2.61. The molecule has 0 spiro atoms. The van der Waals surface area contributed by atoms with Gasteiger partial charge in [-0.1, -0.05) is 100 Å². The molecule has 119 heavy (non-hydrogen) atoms. The summed E-state index contributed by atoms with van der Waals surface area (Å²) in [7, 11) is -4.19. The summed E-state index contributed by atoms with van der Waals surface area (Å²) in [5.74, 6) is 0.512. The van der Waals surface area contributed by atoms with E-state index in [1.807, 2.05) is 97.0 Å². The highest BCUT2D eigenvalue weighted by molar-refractivity contribution is 7.99. The second-order valence-electron chi connectivity index (χ2n) is 39.5. The molecule has 6 aromatic carbocycles. The average molecular weight is 1690 g/mol. The van der Waals surface area contributed by atoms with Crippen LogP contribution in [0.2, 0.25) is 0 Å². The number of thioether (sulfide) groups is 2. The van der Waals surface area contributed by atoms with E-state index in [1.165, 1.54) is 86.8 Å². The first-order chi connectivity index (χ1) is 56.9. The van der Waals surface area contributed by atoms with Crippen molar-refractivity contribution in [2.45, 2.75) is 196 Å². The van der Waals surface area contributed by atoms with E-state index in [0.717, 1.165) is 189 Å². The topological polar surface area (TPSA) is 182 Å². The van der Waals surface area contributed by atoms with Crippen LogP contribution in [0.15, 0.2) is 187 Å². The Morgan fingerprint density at radius 1 is 0.471 bits per heavy atom. The maximum absolute atomic E-state index is 13.5. The summed E-state index contributed by atoms with van der Waals surface area (Å²) in [4.78, 5) is 46.7. The van der Waals surface area contributed by atoms with Gasteiger partial charge in [-0.25, -0.2) is 26.3 Å². The normalized spacial score (nSPS) is 25.4. The summed E-state index contributed by atoms with van der Waals surface area (Å²) in [6.07, 6.45) is 20.4. The predicted octanol–water partition coefficient (Wildman–Crippen LogP) is 17.1. The Hall–Kier alpha value is -6.70. The van der Waals surface area contributed by atoms with Gasteiger partial charge < -0.3 is 39.9 Å². The molecule has 8 aliphatic carbocycles. The number of carbonyl (C=O) groups is 2. The number of ether oxygens (including phenoxy) is 1.